The summed E-state index contributed by atoms with van der Waals surface area (Å²) in [5, 5.41) is 29.0. The second kappa shape index (κ2) is 4.55. The third-order valence-corrected chi connectivity index (χ3v) is 1.99. The third kappa shape index (κ3) is 1.96. The van der Waals surface area contributed by atoms with E-state index in [0.717, 1.165) is 0 Å². The Balaban J connectivity index is 0.000000531. The molecule has 80 valence electrons. The van der Waals surface area contributed by atoms with Gasteiger partial charge in [0.05, 0.1) is 0 Å². The van der Waals surface area contributed by atoms with Crippen LogP contribution in [0, 0.1) is 0 Å². The fraction of sp³-hybridized carbons (Fsp3) is 0.167. The maximum absolute atomic E-state index is 9.42. The molecule has 0 aliphatic rings. The van der Waals surface area contributed by atoms with Gasteiger partial charge >= 0.3 is 0 Å². The Labute approximate surface area is 88.2 Å². The quantitative estimate of drug-likeness (QED) is 0.581. The topological polar surface area (TPSA) is 60.7 Å². The second-order valence-corrected chi connectivity index (χ2v) is 2.81. The number of benzene rings is 2. The first kappa shape index (κ1) is 11.2. The van der Waals surface area contributed by atoms with Gasteiger partial charge in [-0.2, -0.15) is 0 Å². The van der Waals surface area contributed by atoms with Gasteiger partial charge in [0.2, 0.25) is 0 Å². The molecule has 0 fully saturated rings. The van der Waals surface area contributed by atoms with Crippen molar-refractivity contribution in [3.05, 3.63) is 30.3 Å². The fourth-order valence-electron chi connectivity index (χ4n) is 1.31. The molecule has 0 amide bonds. The van der Waals surface area contributed by atoms with Crippen molar-refractivity contribution in [3.8, 4) is 17.2 Å². The molecule has 0 radical (unpaired) electrons. The molecule has 3 nitrogen and oxygen atoms in total. The molecule has 0 spiro atoms. The van der Waals surface area contributed by atoms with Crippen LogP contribution >= 0.6 is 0 Å². The number of rotatable bonds is 0. The Hall–Kier alpha value is -1.90. The second-order valence-electron chi connectivity index (χ2n) is 2.81. The maximum atomic E-state index is 9.42. The lowest BCUT2D eigenvalue weighted by Gasteiger charge is -2.03. The molecule has 0 aromatic heterocycles. The van der Waals surface area contributed by atoms with E-state index in [4.69, 9.17) is 0 Å². The Morgan fingerprint density at radius 3 is 2.07 bits per heavy atom. The van der Waals surface area contributed by atoms with Crippen LogP contribution in [-0.2, 0) is 0 Å². The molecule has 0 aliphatic carbocycles. The lowest BCUT2D eigenvalue weighted by atomic mass is 10.1. The van der Waals surface area contributed by atoms with E-state index in [2.05, 4.69) is 0 Å². The number of phenolic OH excluding ortho intramolecular Hbond substituents is 3. The Kier molecular flexibility index (Phi) is 3.39. The summed E-state index contributed by atoms with van der Waals surface area (Å²) in [6.45, 7) is 4.00. The summed E-state index contributed by atoms with van der Waals surface area (Å²) in [4.78, 5) is 0. The van der Waals surface area contributed by atoms with E-state index < -0.39 is 0 Å². The zero-order valence-electron chi connectivity index (χ0n) is 8.73. The van der Waals surface area contributed by atoms with Crippen molar-refractivity contribution in [2.75, 3.05) is 0 Å². The predicted octanol–water partition coefficient (Wildman–Crippen LogP) is 2.98. The monoisotopic (exact) mass is 206 g/mol. The summed E-state index contributed by atoms with van der Waals surface area (Å²) < 4.78 is 0. The summed E-state index contributed by atoms with van der Waals surface area (Å²) in [7, 11) is 0. The lowest BCUT2D eigenvalue weighted by molar-refractivity contribution is 0.408. The number of aromatic hydroxyl groups is 3. The van der Waals surface area contributed by atoms with Crippen molar-refractivity contribution in [2.45, 2.75) is 13.8 Å². The van der Waals surface area contributed by atoms with E-state index in [1.54, 1.807) is 18.2 Å². The highest BCUT2D eigenvalue weighted by atomic mass is 16.3. The largest absolute Gasteiger partial charge is 0.507 e. The summed E-state index contributed by atoms with van der Waals surface area (Å²) >= 11 is 0. The summed E-state index contributed by atoms with van der Waals surface area (Å²) in [6.07, 6.45) is 0. The zero-order chi connectivity index (χ0) is 11.4. The molecular formula is C12H14O3. The van der Waals surface area contributed by atoms with E-state index in [9.17, 15) is 15.3 Å². The standard InChI is InChI=1S/C10H8O3.C2H6/c11-8-3-1-2-7-6(8)4-5-9(12)10(7)13;1-2/h1-5,11-13H;1-2H3. The van der Waals surface area contributed by atoms with Crippen molar-refractivity contribution >= 4 is 10.8 Å². The molecule has 0 saturated heterocycles. The van der Waals surface area contributed by atoms with Gasteiger partial charge in [0, 0.05) is 10.8 Å². The Morgan fingerprint density at radius 1 is 0.733 bits per heavy atom. The number of fused-ring (bicyclic) bond motifs is 1. The molecule has 0 bridgehead atoms. The highest BCUT2D eigenvalue weighted by molar-refractivity contribution is 5.94. The maximum Gasteiger partial charge on any atom is 0.165 e. The summed E-state index contributed by atoms with van der Waals surface area (Å²) in [6, 6.07) is 7.66. The minimum absolute atomic E-state index is 0.0906. The molecule has 15 heavy (non-hydrogen) atoms. The highest BCUT2D eigenvalue weighted by Crippen LogP contribution is 2.36. The lowest BCUT2D eigenvalue weighted by Crippen LogP contribution is -1.75. The van der Waals surface area contributed by atoms with Gasteiger partial charge in [0.25, 0.3) is 0 Å². The van der Waals surface area contributed by atoms with Crippen LogP contribution in [-0.4, -0.2) is 15.3 Å². The van der Waals surface area contributed by atoms with Gasteiger partial charge in [0.15, 0.2) is 11.5 Å². The van der Waals surface area contributed by atoms with Crippen molar-refractivity contribution in [2.24, 2.45) is 0 Å². The van der Waals surface area contributed by atoms with Crippen molar-refractivity contribution in [3.63, 3.8) is 0 Å². The molecular weight excluding hydrogens is 192 g/mol. The van der Waals surface area contributed by atoms with E-state index in [-0.39, 0.29) is 17.2 Å². The zero-order valence-corrected chi connectivity index (χ0v) is 8.73. The van der Waals surface area contributed by atoms with Crippen LogP contribution in [0.5, 0.6) is 17.2 Å². The first-order valence-electron chi connectivity index (χ1n) is 4.83. The van der Waals surface area contributed by atoms with Gasteiger partial charge in [-0.3, -0.25) is 0 Å². The minimum atomic E-state index is -0.201. The van der Waals surface area contributed by atoms with Gasteiger partial charge in [-0.05, 0) is 18.2 Å². The molecule has 0 atom stereocenters. The molecule has 3 heteroatoms. The van der Waals surface area contributed by atoms with Crippen LogP contribution in [0.4, 0.5) is 0 Å². The van der Waals surface area contributed by atoms with E-state index in [1.807, 2.05) is 13.8 Å². The van der Waals surface area contributed by atoms with Gasteiger partial charge in [-0.1, -0.05) is 26.0 Å². The van der Waals surface area contributed by atoms with E-state index in [1.165, 1.54) is 12.1 Å². The van der Waals surface area contributed by atoms with Gasteiger partial charge < -0.3 is 15.3 Å². The summed E-state index contributed by atoms with van der Waals surface area (Å²) in [5.74, 6) is -0.292. The minimum Gasteiger partial charge on any atom is -0.507 e. The van der Waals surface area contributed by atoms with Gasteiger partial charge in [-0.15, -0.1) is 0 Å². The molecule has 2 rings (SSSR count). The van der Waals surface area contributed by atoms with Crippen molar-refractivity contribution in [1.29, 1.82) is 0 Å². The smallest absolute Gasteiger partial charge is 0.165 e. The molecule has 0 heterocycles. The Morgan fingerprint density at radius 2 is 1.40 bits per heavy atom. The average Bonchev–Trinajstić information content (AvgIpc) is 2.27. The molecule has 0 unspecified atom stereocenters. The molecule has 0 aliphatic heterocycles. The Bertz CT molecular complexity index is 464. The fourth-order valence-corrected chi connectivity index (χ4v) is 1.31. The van der Waals surface area contributed by atoms with Crippen LogP contribution in [0.15, 0.2) is 30.3 Å². The predicted molar refractivity (Wildman–Crippen MR) is 60.3 cm³/mol. The van der Waals surface area contributed by atoms with Crippen molar-refractivity contribution in [1.82, 2.24) is 0 Å². The molecule has 3 N–H and O–H groups in total. The normalized spacial score (nSPS) is 9.47. The number of hydrogen-bond acceptors (Lipinski definition) is 3. The first-order valence-corrected chi connectivity index (χ1v) is 4.83. The van der Waals surface area contributed by atoms with E-state index >= 15 is 0 Å². The van der Waals surface area contributed by atoms with Crippen LogP contribution < -0.4 is 0 Å². The average molecular weight is 206 g/mol. The van der Waals surface area contributed by atoms with E-state index in [0.29, 0.717) is 10.8 Å². The molecule has 2 aromatic rings. The van der Waals surface area contributed by atoms with Crippen molar-refractivity contribution < 1.29 is 15.3 Å². The molecule has 2 aromatic carbocycles. The third-order valence-electron chi connectivity index (χ3n) is 1.99. The molecule has 0 saturated carbocycles. The number of hydrogen-bond donors (Lipinski definition) is 3. The van der Waals surface area contributed by atoms with Crippen LogP contribution in [0.25, 0.3) is 10.8 Å². The van der Waals surface area contributed by atoms with Crippen LogP contribution in [0.3, 0.4) is 0 Å². The first-order chi connectivity index (χ1) is 7.20. The summed E-state index contributed by atoms with van der Waals surface area (Å²) in [5.41, 5.74) is 0. The number of phenols is 3. The highest BCUT2D eigenvalue weighted by Gasteiger charge is 2.06. The van der Waals surface area contributed by atoms with Crippen LogP contribution in [0.2, 0.25) is 0 Å². The van der Waals surface area contributed by atoms with Gasteiger partial charge in [-0.25, -0.2) is 0 Å². The van der Waals surface area contributed by atoms with Crippen LogP contribution in [0.1, 0.15) is 13.8 Å². The van der Waals surface area contributed by atoms with Gasteiger partial charge in [0.1, 0.15) is 5.75 Å². The SMILES string of the molecule is CC.Oc1ccc2c(O)cccc2c1O.